The van der Waals surface area contributed by atoms with Crippen LogP contribution < -0.4 is 0 Å². The Morgan fingerprint density at radius 3 is 0.672 bits per heavy atom. The highest BCUT2D eigenvalue weighted by molar-refractivity contribution is 14.1. The van der Waals surface area contributed by atoms with Gasteiger partial charge in [-0.3, -0.25) is 0 Å². The van der Waals surface area contributed by atoms with Gasteiger partial charge in [0.05, 0.1) is 25.8 Å². The van der Waals surface area contributed by atoms with Gasteiger partial charge in [0, 0.05) is 21.9 Å². The third-order valence-electron chi connectivity index (χ3n) is 31.0. The Morgan fingerprint density at radius 2 is 0.450 bits per heavy atom. The van der Waals surface area contributed by atoms with E-state index in [1.54, 1.807) is 0 Å². The molecule has 8 aliphatic carbocycles. The predicted octanol–water partition coefficient (Wildman–Crippen LogP) is 37.1. The zero-order valence-corrected chi connectivity index (χ0v) is 81.1. The second-order valence-corrected chi connectivity index (χ2v) is 43.0. The first-order valence-corrected chi connectivity index (χ1v) is 51.3. The molecule has 8 saturated carbocycles. The van der Waals surface area contributed by atoms with Gasteiger partial charge in [-0.15, -0.1) is 0 Å². The van der Waals surface area contributed by atoms with E-state index >= 15 is 0 Å². The third-order valence-corrected chi connectivity index (χ3v) is 33.0. The molecule has 0 nitrogen and oxygen atoms in total. The lowest BCUT2D eigenvalue weighted by Gasteiger charge is -2.37. The van der Waals surface area contributed by atoms with E-state index in [9.17, 15) is 83.4 Å². The number of rotatable bonds is 19. The molecule has 716 valence electrons. The maximum absolute atomic E-state index is 14.7. The summed E-state index contributed by atoms with van der Waals surface area (Å²) in [6, 6.07) is 17.1. The van der Waals surface area contributed by atoms with Crippen molar-refractivity contribution in [3.8, 4) is 44.5 Å². The van der Waals surface area contributed by atoms with Gasteiger partial charge in [0.2, 0.25) is 0 Å². The minimum atomic E-state index is -5.25. The molecule has 8 fully saturated rings. The summed E-state index contributed by atoms with van der Waals surface area (Å²) in [4.78, 5) is 0. The van der Waals surface area contributed by atoms with Gasteiger partial charge in [0.15, 0.2) is 0 Å². The standard InChI is InChI=1S/C28H31F7.C27H31F4I.C27H32F4.C15H27Br.C12H5BrF4/c1-16-2-8-19(9-3-16)20-10-6-17(7-11-20)4-5-18-12-22(29)26(23(30)13-18)21-14-24(31)27(25(32)15-21)28(33,34)35;1-16-2-8-19(9-3-16)20-10-6-17(7-11-20)4-5-18-12-22(28)26(23(29)13-18)21-14-24(30)27(32)25(31)15-21;1-17-2-8-20(9-3-17)21-10-6-18(7-11-21)4-5-19-12-25(30)27(26(31)13-19)22-14-23(28)16-24(29)15-22;1-12-2-6-14(7-3-12)15-8-4-13(5-9-15)10-11-16;13-7-3-10(16)12(11(17)4-7)6-1-8(14)5-9(15)2-6/h12-17,19-20H,2-11H2,1H3;12-17,19-20H,2-11H2,1H3;12-18,20-21H,2-11H2,1H3;12-15H,2-11H2,1H3;1-5H. The molecule has 0 N–H and O–H groups in total. The highest BCUT2D eigenvalue weighted by Crippen LogP contribution is 2.49. The molecule has 0 atom stereocenters. The SMILES string of the molecule is CC1CCC(C2CCC(CCBr)CC2)CC1.CC1CCC(C2CCC(CCc3cc(F)c(-c4cc(F)c(C(F)(F)F)c(F)c4)c(F)c3)CC2)CC1.CC1CCC(C2CCC(CCc3cc(F)c(-c4cc(F)c(I)c(F)c4)c(F)c3)CC2)CC1.CC1CCC(C2CCC(CCc3cc(F)c(-c4cc(F)cc(F)c4)c(F)c3)CC2)CC1.Fc1cc(F)cc(-c2c(F)cc(Br)cc2F)c1. The topological polar surface area (TPSA) is 0 Å². The van der Waals surface area contributed by atoms with Crippen LogP contribution in [0.5, 0.6) is 0 Å². The first kappa shape index (κ1) is 104. The summed E-state index contributed by atoms with van der Waals surface area (Å²) in [5, 5.41) is 1.21. The van der Waals surface area contributed by atoms with Crippen molar-refractivity contribution in [2.24, 2.45) is 94.7 Å². The van der Waals surface area contributed by atoms with Crippen molar-refractivity contribution in [1.29, 1.82) is 0 Å². The molecular weight excluding hydrogens is 1960 g/mol. The zero-order chi connectivity index (χ0) is 94.1. The fraction of sp³-hybridized carbons (Fsp3) is 0.560. The second kappa shape index (κ2) is 48.9. The van der Waals surface area contributed by atoms with Crippen LogP contribution >= 0.6 is 54.5 Å². The van der Waals surface area contributed by atoms with Crippen LogP contribution in [-0.2, 0) is 25.4 Å². The molecule has 0 heterocycles. The first-order chi connectivity index (χ1) is 62.5. The van der Waals surface area contributed by atoms with Crippen molar-refractivity contribution in [1.82, 2.24) is 0 Å². The first-order valence-electron chi connectivity index (χ1n) is 48.3. The molecule has 8 aromatic carbocycles. The van der Waals surface area contributed by atoms with E-state index in [1.165, 1.54) is 251 Å². The van der Waals surface area contributed by atoms with Crippen molar-refractivity contribution in [2.75, 3.05) is 5.33 Å². The van der Waals surface area contributed by atoms with Crippen LogP contribution in [0.3, 0.4) is 0 Å². The second-order valence-electron chi connectivity index (χ2n) is 40.2. The molecule has 22 heteroatoms. The fourth-order valence-corrected chi connectivity index (χ4v) is 24.5. The van der Waals surface area contributed by atoms with E-state index in [4.69, 9.17) is 0 Å². The molecule has 8 aromatic rings. The maximum atomic E-state index is 14.7. The summed E-state index contributed by atoms with van der Waals surface area (Å²) in [6.45, 7) is 9.48. The average Bonchev–Trinajstić information content (AvgIpc) is 0.767. The average molecular weight is 2080 g/mol. The monoisotopic (exact) mass is 2080 g/mol. The highest BCUT2D eigenvalue weighted by atomic mass is 127. The molecule has 0 saturated heterocycles. The Balaban J connectivity index is 0.000000152. The Hall–Kier alpha value is -5.88. The Bertz CT molecular complexity index is 4830. The Morgan fingerprint density at radius 1 is 0.252 bits per heavy atom. The molecule has 0 aromatic heterocycles. The summed E-state index contributed by atoms with van der Waals surface area (Å²) in [7, 11) is 0. The van der Waals surface area contributed by atoms with Crippen molar-refractivity contribution in [3.63, 3.8) is 0 Å². The summed E-state index contributed by atoms with van der Waals surface area (Å²) < 4.78 is 262. The Labute approximate surface area is 793 Å². The van der Waals surface area contributed by atoms with E-state index in [0.717, 1.165) is 170 Å². The van der Waals surface area contributed by atoms with Gasteiger partial charge in [-0.1, -0.05) is 162 Å². The number of alkyl halides is 4. The number of halogens is 22. The van der Waals surface area contributed by atoms with E-state index in [-0.39, 0.29) is 35.9 Å². The summed E-state index contributed by atoms with van der Waals surface area (Å²) in [5.41, 5.74) is -3.37. The minimum absolute atomic E-state index is 0.114. The lowest BCUT2D eigenvalue weighted by Crippen LogP contribution is -2.25. The quantitative estimate of drug-likeness (QED) is 0.0328. The van der Waals surface area contributed by atoms with Crippen LogP contribution in [0, 0.1) is 191 Å². The van der Waals surface area contributed by atoms with Gasteiger partial charge in [-0.05, 0) is 401 Å². The van der Waals surface area contributed by atoms with Gasteiger partial charge in [-0.2, -0.15) is 13.2 Å². The normalized spacial score (nSPS) is 26.0. The largest absolute Gasteiger partial charge is 0.422 e. The smallest absolute Gasteiger partial charge is 0.207 e. The van der Waals surface area contributed by atoms with Crippen LogP contribution in [0.2, 0.25) is 0 Å². The lowest BCUT2D eigenvalue weighted by molar-refractivity contribution is -0.142. The van der Waals surface area contributed by atoms with E-state index in [2.05, 4.69) is 59.6 Å². The molecule has 0 spiro atoms. The molecule has 0 bridgehead atoms. The number of benzene rings is 8. The zero-order valence-electron chi connectivity index (χ0n) is 75.7. The summed E-state index contributed by atoms with van der Waals surface area (Å²) in [6.07, 6.45) is 43.7. The molecule has 0 radical (unpaired) electrons. The van der Waals surface area contributed by atoms with E-state index < -0.39 is 122 Å². The van der Waals surface area contributed by atoms with Crippen LogP contribution in [0.4, 0.5) is 83.4 Å². The van der Waals surface area contributed by atoms with Crippen molar-refractivity contribution < 1.29 is 83.4 Å². The van der Waals surface area contributed by atoms with Gasteiger partial charge in [-0.25, -0.2) is 70.2 Å². The number of aryl methyl sites for hydroxylation is 3. The van der Waals surface area contributed by atoms with Crippen LogP contribution in [0.15, 0.2) is 114 Å². The van der Waals surface area contributed by atoms with Crippen molar-refractivity contribution >= 4 is 54.5 Å². The lowest BCUT2D eigenvalue weighted by atomic mass is 9.69. The van der Waals surface area contributed by atoms with Crippen molar-refractivity contribution in [3.05, 3.63) is 233 Å². The molecular formula is C109H126Br2F19I. The van der Waals surface area contributed by atoms with Crippen LogP contribution in [0.25, 0.3) is 44.5 Å². The molecule has 8 aliphatic rings. The highest BCUT2D eigenvalue weighted by Gasteiger charge is 2.40. The van der Waals surface area contributed by atoms with Crippen molar-refractivity contribution in [2.45, 2.75) is 284 Å². The molecule has 131 heavy (non-hydrogen) atoms. The van der Waals surface area contributed by atoms with E-state index in [0.29, 0.717) is 78.0 Å². The fourth-order valence-electron chi connectivity index (χ4n) is 23.1. The molecule has 16 rings (SSSR count). The maximum Gasteiger partial charge on any atom is 0.422 e. The van der Waals surface area contributed by atoms with Gasteiger partial charge < -0.3 is 0 Å². The van der Waals surface area contributed by atoms with Crippen LogP contribution in [-0.4, -0.2) is 5.33 Å². The summed E-state index contributed by atoms with van der Waals surface area (Å²) in [5.74, 6) is -2.13. The minimum Gasteiger partial charge on any atom is -0.207 e. The number of hydrogen-bond acceptors (Lipinski definition) is 0. The van der Waals surface area contributed by atoms with Gasteiger partial charge in [0.1, 0.15) is 98.6 Å². The molecule has 0 amide bonds. The van der Waals surface area contributed by atoms with E-state index in [1.807, 2.05) is 0 Å². The predicted molar refractivity (Wildman–Crippen MR) is 502 cm³/mol. The summed E-state index contributed by atoms with van der Waals surface area (Å²) >= 11 is 8.04. The molecule has 0 aliphatic heterocycles. The molecule has 0 unspecified atom stereocenters. The Kier molecular flexibility index (Phi) is 38.8. The van der Waals surface area contributed by atoms with Gasteiger partial charge in [0.25, 0.3) is 0 Å². The third kappa shape index (κ3) is 29.6. The number of hydrogen-bond donors (Lipinski definition) is 0. The van der Waals surface area contributed by atoms with Crippen LogP contribution in [0.1, 0.15) is 281 Å². The van der Waals surface area contributed by atoms with Gasteiger partial charge >= 0.3 is 6.18 Å².